The van der Waals surface area contributed by atoms with E-state index in [2.05, 4.69) is 4.72 Å². The lowest BCUT2D eigenvalue weighted by Gasteiger charge is -2.23. The molecule has 1 unspecified atom stereocenters. The van der Waals surface area contributed by atoms with Crippen LogP contribution in [-0.4, -0.2) is 37.8 Å². The maximum atomic E-state index is 11.5. The Morgan fingerprint density at radius 3 is 2.36 bits per heavy atom. The summed E-state index contributed by atoms with van der Waals surface area (Å²) in [5.41, 5.74) is 5.31. The van der Waals surface area contributed by atoms with Crippen LogP contribution < -0.4 is 10.5 Å². The van der Waals surface area contributed by atoms with E-state index in [0.717, 1.165) is 0 Å². The smallest absolute Gasteiger partial charge is 0.215 e. The molecule has 0 spiro atoms. The first kappa shape index (κ1) is 14.2. The van der Waals surface area contributed by atoms with Gasteiger partial charge in [-0.2, -0.15) is 11.8 Å². The molecule has 0 saturated heterocycles. The third kappa shape index (κ3) is 4.63. The maximum Gasteiger partial charge on any atom is 0.215 e. The zero-order valence-electron chi connectivity index (χ0n) is 9.20. The molecule has 6 heteroatoms. The highest BCUT2D eigenvalue weighted by Gasteiger charge is 2.23. The first-order valence-electron chi connectivity index (χ1n) is 4.49. The molecule has 3 N–H and O–H groups in total. The van der Waals surface area contributed by atoms with Gasteiger partial charge in [0.1, 0.15) is 0 Å². The quantitative estimate of drug-likeness (QED) is 0.705. The molecule has 0 heterocycles. The van der Waals surface area contributed by atoms with Gasteiger partial charge >= 0.3 is 0 Å². The summed E-state index contributed by atoms with van der Waals surface area (Å²) in [4.78, 5) is 0. The summed E-state index contributed by atoms with van der Waals surface area (Å²) in [6.45, 7) is 6.17. The molecular formula is C8H20N2O2S2. The van der Waals surface area contributed by atoms with Gasteiger partial charge in [0.25, 0.3) is 0 Å². The minimum absolute atomic E-state index is 0.0820. The van der Waals surface area contributed by atoms with E-state index < -0.39 is 15.3 Å². The molecule has 0 aromatic carbocycles. The van der Waals surface area contributed by atoms with Crippen molar-refractivity contribution in [3.05, 3.63) is 0 Å². The Hall–Kier alpha value is 0.220. The van der Waals surface area contributed by atoms with Crippen LogP contribution >= 0.6 is 11.8 Å². The average Bonchev–Trinajstić information content (AvgIpc) is 2.14. The Labute approximate surface area is 91.1 Å². The Bertz CT molecular complexity index is 263. The van der Waals surface area contributed by atoms with Gasteiger partial charge in [0, 0.05) is 17.8 Å². The standard InChI is InChI=1S/C8H20N2O2S2/c1-7(5-9)14(11,12)10-6-8(2,3)13-4/h7,10H,5-6,9H2,1-4H3. The van der Waals surface area contributed by atoms with E-state index >= 15 is 0 Å². The third-order valence-corrected chi connectivity index (χ3v) is 5.16. The van der Waals surface area contributed by atoms with E-state index in [-0.39, 0.29) is 11.3 Å². The Morgan fingerprint density at radius 2 is 2.00 bits per heavy atom. The lowest BCUT2D eigenvalue weighted by Crippen LogP contribution is -2.42. The maximum absolute atomic E-state index is 11.5. The summed E-state index contributed by atoms with van der Waals surface area (Å²) >= 11 is 1.63. The summed E-state index contributed by atoms with van der Waals surface area (Å²) in [5, 5.41) is -0.528. The van der Waals surface area contributed by atoms with Crippen LogP contribution in [0, 0.1) is 0 Å². The van der Waals surface area contributed by atoms with Crippen LogP contribution in [0.1, 0.15) is 20.8 Å². The Kier molecular flexibility index (Phi) is 5.43. The normalized spacial score (nSPS) is 15.5. The SMILES string of the molecule is CSC(C)(C)CNS(=O)(=O)C(C)CN. The van der Waals surface area contributed by atoms with Gasteiger partial charge < -0.3 is 5.73 Å². The van der Waals surface area contributed by atoms with Crippen LogP contribution in [0.5, 0.6) is 0 Å². The zero-order valence-corrected chi connectivity index (χ0v) is 10.8. The van der Waals surface area contributed by atoms with E-state index in [0.29, 0.717) is 6.54 Å². The molecule has 0 fully saturated rings. The monoisotopic (exact) mass is 240 g/mol. The van der Waals surface area contributed by atoms with Crippen LogP contribution in [-0.2, 0) is 10.0 Å². The molecule has 86 valence electrons. The second-order valence-electron chi connectivity index (χ2n) is 3.88. The van der Waals surface area contributed by atoms with Crippen LogP contribution in [0.3, 0.4) is 0 Å². The molecule has 0 saturated carbocycles. The van der Waals surface area contributed by atoms with Crippen molar-refractivity contribution in [2.75, 3.05) is 19.3 Å². The van der Waals surface area contributed by atoms with Crippen molar-refractivity contribution >= 4 is 21.8 Å². The molecule has 0 radical (unpaired) electrons. The number of sulfonamides is 1. The van der Waals surface area contributed by atoms with Crippen molar-refractivity contribution in [3.63, 3.8) is 0 Å². The predicted octanol–water partition coefficient (Wildman–Crippen LogP) is 0.395. The highest BCUT2D eigenvalue weighted by atomic mass is 32.2. The fourth-order valence-corrected chi connectivity index (χ4v) is 2.02. The number of hydrogen-bond acceptors (Lipinski definition) is 4. The molecule has 4 nitrogen and oxygen atoms in total. The van der Waals surface area contributed by atoms with Crippen LogP contribution in [0.25, 0.3) is 0 Å². The molecule has 0 rings (SSSR count). The molecule has 0 aromatic rings. The third-order valence-electron chi connectivity index (χ3n) is 2.11. The van der Waals surface area contributed by atoms with E-state index in [1.165, 1.54) is 0 Å². The average molecular weight is 240 g/mol. The van der Waals surface area contributed by atoms with Crippen molar-refractivity contribution in [1.82, 2.24) is 4.72 Å². The highest BCUT2D eigenvalue weighted by Crippen LogP contribution is 2.20. The lowest BCUT2D eigenvalue weighted by molar-refractivity contribution is 0.559. The van der Waals surface area contributed by atoms with Crippen molar-refractivity contribution < 1.29 is 8.42 Å². The number of hydrogen-bond donors (Lipinski definition) is 2. The van der Waals surface area contributed by atoms with Gasteiger partial charge in [-0.1, -0.05) is 0 Å². The van der Waals surface area contributed by atoms with Gasteiger partial charge in [-0.25, -0.2) is 13.1 Å². The van der Waals surface area contributed by atoms with Gasteiger partial charge in [0.15, 0.2) is 0 Å². The van der Waals surface area contributed by atoms with E-state index in [4.69, 9.17) is 5.73 Å². The minimum atomic E-state index is -3.24. The molecule has 0 aliphatic carbocycles. The summed E-state index contributed by atoms with van der Waals surface area (Å²) in [7, 11) is -3.24. The molecule has 0 aliphatic rings. The van der Waals surface area contributed by atoms with Gasteiger partial charge in [0.05, 0.1) is 5.25 Å². The minimum Gasteiger partial charge on any atom is -0.329 e. The fraction of sp³-hybridized carbons (Fsp3) is 1.00. The van der Waals surface area contributed by atoms with Gasteiger partial charge in [0.2, 0.25) is 10.0 Å². The number of nitrogens with two attached hydrogens (primary N) is 1. The molecule has 0 amide bonds. The summed E-state index contributed by atoms with van der Waals surface area (Å²) in [5.74, 6) is 0. The number of thioether (sulfide) groups is 1. The second-order valence-corrected chi connectivity index (χ2v) is 7.57. The van der Waals surface area contributed by atoms with Crippen molar-refractivity contribution in [2.24, 2.45) is 5.73 Å². The summed E-state index contributed by atoms with van der Waals surface area (Å²) in [6.07, 6.45) is 1.96. The van der Waals surface area contributed by atoms with E-state index in [1.54, 1.807) is 18.7 Å². The Morgan fingerprint density at radius 1 is 1.50 bits per heavy atom. The molecule has 14 heavy (non-hydrogen) atoms. The molecular weight excluding hydrogens is 220 g/mol. The zero-order chi connectivity index (χ0) is 11.4. The molecule has 1 atom stereocenters. The first-order valence-corrected chi connectivity index (χ1v) is 7.26. The van der Waals surface area contributed by atoms with Crippen molar-refractivity contribution in [3.8, 4) is 0 Å². The lowest BCUT2D eigenvalue weighted by atomic mass is 10.2. The van der Waals surface area contributed by atoms with Gasteiger partial charge in [-0.15, -0.1) is 0 Å². The van der Waals surface area contributed by atoms with E-state index in [1.807, 2.05) is 20.1 Å². The van der Waals surface area contributed by atoms with Gasteiger partial charge in [-0.05, 0) is 27.0 Å². The largest absolute Gasteiger partial charge is 0.329 e. The molecule has 0 bridgehead atoms. The number of nitrogens with one attached hydrogen (secondary N) is 1. The molecule has 0 aromatic heterocycles. The van der Waals surface area contributed by atoms with Crippen LogP contribution in [0.4, 0.5) is 0 Å². The number of rotatable bonds is 6. The first-order chi connectivity index (χ1) is 6.25. The fourth-order valence-electron chi connectivity index (χ4n) is 0.616. The summed E-state index contributed by atoms with van der Waals surface area (Å²) < 4.78 is 25.5. The van der Waals surface area contributed by atoms with E-state index in [9.17, 15) is 8.42 Å². The van der Waals surface area contributed by atoms with Crippen molar-refractivity contribution in [2.45, 2.75) is 30.8 Å². The van der Waals surface area contributed by atoms with Crippen molar-refractivity contribution in [1.29, 1.82) is 0 Å². The molecule has 0 aliphatic heterocycles. The summed E-state index contributed by atoms with van der Waals surface area (Å²) in [6, 6.07) is 0. The van der Waals surface area contributed by atoms with Crippen LogP contribution in [0.15, 0.2) is 0 Å². The highest BCUT2D eigenvalue weighted by molar-refractivity contribution is 8.00. The topological polar surface area (TPSA) is 72.2 Å². The Balaban J connectivity index is 4.27. The van der Waals surface area contributed by atoms with Gasteiger partial charge in [-0.3, -0.25) is 0 Å². The van der Waals surface area contributed by atoms with Crippen LogP contribution in [0.2, 0.25) is 0 Å². The second kappa shape index (κ2) is 5.34. The predicted molar refractivity (Wildman–Crippen MR) is 63.0 cm³/mol.